The van der Waals surface area contributed by atoms with Crippen molar-refractivity contribution in [2.45, 2.75) is 12.6 Å². The summed E-state index contributed by atoms with van der Waals surface area (Å²) in [4.78, 5) is 0. The van der Waals surface area contributed by atoms with Gasteiger partial charge in [0.15, 0.2) is 6.61 Å². The molecule has 0 aliphatic heterocycles. The summed E-state index contributed by atoms with van der Waals surface area (Å²) in [6.07, 6.45) is -0.639. The Labute approximate surface area is 96.9 Å². The van der Waals surface area contributed by atoms with Crippen LogP contribution in [-0.2, 0) is 0 Å². The molecular formula is C12H10F3NO. The van der Waals surface area contributed by atoms with Crippen molar-refractivity contribution in [1.29, 1.82) is 5.26 Å². The molecule has 0 atom stereocenters. The Balaban J connectivity index is 2.54. The van der Waals surface area contributed by atoms with E-state index in [-0.39, 0.29) is 5.75 Å². The smallest absolute Gasteiger partial charge is 0.422 e. The molecular weight excluding hydrogens is 231 g/mol. The molecule has 90 valence electrons. The molecule has 0 aliphatic carbocycles. The van der Waals surface area contributed by atoms with Crippen LogP contribution in [0.1, 0.15) is 12.0 Å². The van der Waals surface area contributed by atoms with Crippen molar-refractivity contribution in [3.63, 3.8) is 0 Å². The molecule has 0 aliphatic rings. The summed E-state index contributed by atoms with van der Waals surface area (Å²) < 4.78 is 40.1. The fourth-order valence-electron chi connectivity index (χ4n) is 1.09. The third kappa shape index (κ3) is 5.61. The first-order valence-corrected chi connectivity index (χ1v) is 4.84. The Morgan fingerprint density at radius 3 is 2.41 bits per heavy atom. The molecule has 0 heterocycles. The van der Waals surface area contributed by atoms with Crippen LogP contribution in [0.4, 0.5) is 13.2 Å². The monoisotopic (exact) mass is 241 g/mol. The van der Waals surface area contributed by atoms with Gasteiger partial charge in [-0.05, 0) is 17.7 Å². The molecule has 0 fully saturated rings. The van der Waals surface area contributed by atoms with Gasteiger partial charge in [-0.1, -0.05) is 24.3 Å². The summed E-state index contributed by atoms with van der Waals surface area (Å²) in [5, 5.41) is 8.31. The van der Waals surface area contributed by atoms with E-state index in [2.05, 4.69) is 4.74 Å². The zero-order valence-corrected chi connectivity index (χ0v) is 8.87. The zero-order chi connectivity index (χ0) is 12.7. The van der Waals surface area contributed by atoms with Crippen molar-refractivity contribution < 1.29 is 17.9 Å². The minimum absolute atomic E-state index is 0.166. The minimum atomic E-state index is -4.33. The molecule has 0 unspecified atom stereocenters. The molecule has 0 bridgehead atoms. The van der Waals surface area contributed by atoms with Gasteiger partial charge >= 0.3 is 6.18 Å². The van der Waals surface area contributed by atoms with Crippen molar-refractivity contribution in [3.8, 4) is 11.8 Å². The predicted octanol–water partition coefficient (Wildman–Crippen LogP) is 3.55. The predicted molar refractivity (Wildman–Crippen MR) is 57.3 cm³/mol. The topological polar surface area (TPSA) is 33.0 Å². The Morgan fingerprint density at radius 1 is 1.24 bits per heavy atom. The van der Waals surface area contributed by atoms with Gasteiger partial charge < -0.3 is 4.74 Å². The number of nitriles is 1. The van der Waals surface area contributed by atoms with E-state index in [0.29, 0.717) is 6.42 Å². The van der Waals surface area contributed by atoms with Crippen molar-refractivity contribution in [2.75, 3.05) is 6.61 Å². The molecule has 2 nitrogen and oxygen atoms in total. The summed E-state index contributed by atoms with van der Waals surface area (Å²) in [5.74, 6) is 0.166. The van der Waals surface area contributed by atoms with E-state index in [9.17, 15) is 13.2 Å². The fraction of sp³-hybridized carbons (Fsp3) is 0.250. The minimum Gasteiger partial charge on any atom is -0.484 e. The summed E-state index contributed by atoms with van der Waals surface area (Å²) in [5.41, 5.74) is 0.805. The van der Waals surface area contributed by atoms with Gasteiger partial charge in [0.25, 0.3) is 0 Å². The van der Waals surface area contributed by atoms with Gasteiger partial charge in [-0.15, -0.1) is 0 Å². The molecule has 0 N–H and O–H groups in total. The average Bonchev–Trinajstić information content (AvgIpc) is 2.27. The van der Waals surface area contributed by atoms with Gasteiger partial charge in [-0.3, -0.25) is 0 Å². The highest BCUT2D eigenvalue weighted by Crippen LogP contribution is 2.19. The van der Waals surface area contributed by atoms with Crippen molar-refractivity contribution in [2.24, 2.45) is 0 Å². The zero-order valence-electron chi connectivity index (χ0n) is 8.87. The lowest BCUT2D eigenvalue weighted by molar-refractivity contribution is -0.153. The number of alkyl halides is 3. The second-order valence-corrected chi connectivity index (χ2v) is 3.24. The summed E-state index contributed by atoms with van der Waals surface area (Å²) in [6.45, 7) is -1.30. The van der Waals surface area contributed by atoms with E-state index in [0.717, 1.165) is 5.56 Å². The van der Waals surface area contributed by atoms with Crippen LogP contribution in [0.15, 0.2) is 30.3 Å². The van der Waals surface area contributed by atoms with Gasteiger partial charge in [-0.25, -0.2) is 0 Å². The van der Waals surface area contributed by atoms with E-state index < -0.39 is 12.8 Å². The number of nitrogens with zero attached hydrogens (tertiary/aromatic N) is 1. The number of benzene rings is 1. The number of hydrogen-bond acceptors (Lipinski definition) is 2. The molecule has 1 rings (SSSR count). The lowest BCUT2D eigenvalue weighted by atomic mass is 10.2. The van der Waals surface area contributed by atoms with Gasteiger partial charge in [0.05, 0.1) is 12.5 Å². The average molecular weight is 241 g/mol. The molecule has 0 aromatic heterocycles. The molecule has 0 amide bonds. The molecule has 5 heteroatoms. The van der Waals surface area contributed by atoms with Crippen LogP contribution in [-0.4, -0.2) is 12.8 Å². The summed E-state index contributed by atoms with van der Waals surface area (Å²) >= 11 is 0. The van der Waals surface area contributed by atoms with Gasteiger partial charge in [-0.2, -0.15) is 18.4 Å². The molecule has 0 radical (unpaired) electrons. The number of ether oxygens (including phenoxy) is 1. The van der Waals surface area contributed by atoms with Crippen LogP contribution >= 0.6 is 0 Å². The van der Waals surface area contributed by atoms with Crippen LogP contribution in [0, 0.1) is 11.3 Å². The maximum Gasteiger partial charge on any atom is 0.422 e. The van der Waals surface area contributed by atoms with E-state index in [1.54, 1.807) is 24.3 Å². The SMILES string of the molecule is N#CCC=Cc1ccc(OCC(F)(F)F)cc1. The second-order valence-electron chi connectivity index (χ2n) is 3.24. The molecule has 17 heavy (non-hydrogen) atoms. The number of allylic oxidation sites excluding steroid dienone is 1. The largest absolute Gasteiger partial charge is 0.484 e. The Morgan fingerprint density at radius 2 is 1.88 bits per heavy atom. The van der Waals surface area contributed by atoms with Gasteiger partial charge in [0, 0.05) is 0 Å². The highest BCUT2D eigenvalue weighted by Gasteiger charge is 2.28. The second kappa shape index (κ2) is 5.94. The summed E-state index contributed by atoms with van der Waals surface area (Å²) in [7, 11) is 0. The number of hydrogen-bond donors (Lipinski definition) is 0. The third-order valence-corrected chi connectivity index (χ3v) is 1.80. The van der Waals surface area contributed by atoms with Gasteiger partial charge in [0.1, 0.15) is 5.75 Å². The normalized spacial score (nSPS) is 11.4. The summed E-state index contributed by atoms with van der Waals surface area (Å²) in [6, 6.07) is 8.11. The van der Waals surface area contributed by atoms with Gasteiger partial charge in [0.2, 0.25) is 0 Å². The first-order chi connectivity index (χ1) is 8.01. The molecule has 0 saturated heterocycles. The maximum atomic E-state index is 11.9. The van der Waals surface area contributed by atoms with E-state index in [1.807, 2.05) is 6.07 Å². The third-order valence-electron chi connectivity index (χ3n) is 1.80. The van der Waals surface area contributed by atoms with Crippen LogP contribution in [0.25, 0.3) is 6.08 Å². The van der Waals surface area contributed by atoms with Crippen molar-refractivity contribution in [1.82, 2.24) is 0 Å². The molecule has 0 spiro atoms. The first kappa shape index (κ1) is 13.1. The molecule has 1 aromatic carbocycles. The first-order valence-electron chi connectivity index (χ1n) is 4.84. The van der Waals surface area contributed by atoms with Crippen LogP contribution in [0.2, 0.25) is 0 Å². The molecule has 0 saturated carbocycles. The highest BCUT2D eigenvalue weighted by molar-refractivity contribution is 5.50. The van der Waals surface area contributed by atoms with Crippen LogP contribution in [0.5, 0.6) is 5.75 Å². The Bertz CT molecular complexity index is 415. The maximum absolute atomic E-state index is 11.9. The van der Waals surface area contributed by atoms with E-state index in [4.69, 9.17) is 5.26 Å². The fourth-order valence-corrected chi connectivity index (χ4v) is 1.09. The van der Waals surface area contributed by atoms with E-state index >= 15 is 0 Å². The standard InChI is InChI=1S/C12H10F3NO/c13-12(14,15)9-17-11-6-4-10(5-7-11)3-1-2-8-16/h1,3-7H,2,9H2. The van der Waals surface area contributed by atoms with Crippen LogP contribution in [0.3, 0.4) is 0 Å². The number of halogens is 3. The highest BCUT2D eigenvalue weighted by atomic mass is 19.4. The Hall–Kier alpha value is -1.96. The van der Waals surface area contributed by atoms with E-state index in [1.165, 1.54) is 12.1 Å². The lowest BCUT2D eigenvalue weighted by Gasteiger charge is -2.08. The Kier molecular flexibility index (Phi) is 4.58. The van der Waals surface area contributed by atoms with Crippen molar-refractivity contribution in [3.05, 3.63) is 35.9 Å². The van der Waals surface area contributed by atoms with Crippen LogP contribution < -0.4 is 4.74 Å². The quantitative estimate of drug-likeness (QED) is 0.807. The number of rotatable bonds is 4. The van der Waals surface area contributed by atoms with Crippen molar-refractivity contribution >= 4 is 6.08 Å². The molecule has 1 aromatic rings. The lowest BCUT2D eigenvalue weighted by Crippen LogP contribution is -2.19.